The molecular formula is C27H31NO4. The highest BCUT2D eigenvalue weighted by Gasteiger charge is 2.17. The van der Waals surface area contributed by atoms with Gasteiger partial charge in [-0.05, 0) is 71.5 Å². The summed E-state index contributed by atoms with van der Waals surface area (Å²) in [6.45, 7) is 7.05. The number of rotatable bonds is 9. The highest BCUT2D eigenvalue weighted by atomic mass is 16.5. The summed E-state index contributed by atoms with van der Waals surface area (Å²) >= 11 is 0. The highest BCUT2D eigenvalue weighted by molar-refractivity contribution is 5.94. The molecule has 0 unspecified atom stereocenters. The number of benzene rings is 3. The number of hydrogen-bond donors (Lipinski definition) is 1. The maximum Gasteiger partial charge on any atom is 0.251 e. The average Bonchev–Trinajstić information content (AvgIpc) is 2.83. The Balaban J connectivity index is 1.58. The van der Waals surface area contributed by atoms with Crippen molar-refractivity contribution in [3.05, 3.63) is 83.4 Å². The third-order valence-electron chi connectivity index (χ3n) is 5.77. The van der Waals surface area contributed by atoms with Crippen molar-refractivity contribution in [3.63, 3.8) is 0 Å². The number of carbonyl (C=O) groups is 1. The summed E-state index contributed by atoms with van der Waals surface area (Å²) in [5, 5.41) is 2.92. The molecule has 0 aliphatic heterocycles. The largest absolute Gasteiger partial charge is 0.493 e. The van der Waals surface area contributed by atoms with Crippen molar-refractivity contribution in [2.75, 3.05) is 14.2 Å². The van der Waals surface area contributed by atoms with Gasteiger partial charge in [-0.15, -0.1) is 0 Å². The first-order chi connectivity index (χ1) is 15.4. The van der Waals surface area contributed by atoms with Crippen LogP contribution in [0.1, 0.15) is 48.7 Å². The highest BCUT2D eigenvalue weighted by Crippen LogP contribution is 2.30. The van der Waals surface area contributed by atoms with Gasteiger partial charge in [0.2, 0.25) is 0 Å². The molecule has 0 atom stereocenters. The summed E-state index contributed by atoms with van der Waals surface area (Å²) in [6, 6.07) is 20.9. The zero-order chi connectivity index (χ0) is 23.1. The second-order valence-electron chi connectivity index (χ2n) is 8.26. The Morgan fingerprint density at radius 3 is 2.00 bits per heavy atom. The lowest BCUT2D eigenvalue weighted by Gasteiger charge is -2.23. The van der Waals surface area contributed by atoms with Crippen molar-refractivity contribution in [3.8, 4) is 23.0 Å². The van der Waals surface area contributed by atoms with E-state index >= 15 is 0 Å². The van der Waals surface area contributed by atoms with E-state index in [9.17, 15) is 4.79 Å². The van der Waals surface area contributed by atoms with E-state index in [2.05, 4.69) is 38.2 Å². The lowest BCUT2D eigenvalue weighted by Crippen LogP contribution is -2.22. The van der Waals surface area contributed by atoms with E-state index in [4.69, 9.17) is 14.2 Å². The van der Waals surface area contributed by atoms with E-state index in [0.29, 0.717) is 29.4 Å². The lowest BCUT2D eigenvalue weighted by atomic mass is 9.82. The van der Waals surface area contributed by atoms with Crippen LogP contribution in [-0.4, -0.2) is 20.1 Å². The first kappa shape index (κ1) is 23.2. The minimum absolute atomic E-state index is 0.143. The fraction of sp³-hybridized carbons (Fsp3) is 0.296. The quantitative estimate of drug-likeness (QED) is 0.442. The van der Waals surface area contributed by atoms with Crippen LogP contribution in [0, 0.1) is 0 Å². The SMILES string of the molecule is CCC(C)(C)c1ccc(Oc2ccc(C(=O)NCc3ccc(OC)c(OC)c3)cc2)cc1. The number of ether oxygens (including phenoxy) is 3. The molecule has 0 radical (unpaired) electrons. The van der Waals surface area contributed by atoms with Crippen LogP contribution >= 0.6 is 0 Å². The molecule has 3 aromatic rings. The molecule has 5 nitrogen and oxygen atoms in total. The molecule has 32 heavy (non-hydrogen) atoms. The van der Waals surface area contributed by atoms with Crippen molar-refractivity contribution < 1.29 is 19.0 Å². The van der Waals surface area contributed by atoms with Gasteiger partial charge in [0, 0.05) is 12.1 Å². The van der Waals surface area contributed by atoms with Crippen LogP contribution in [0.5, 0.6) is 23.0 Å². The van der Waals surface area contributed by atoms with Crippen LogP contribution in [0.3, 0.4) is 0 Å². The zero-order valence-electron chi connectivity index (χ0n) is 19.4. The molecule has 0 heterocycles. The summed E-state index contributed by atoms with van der Waals surface area (Å²) < 4.78 is 16.5. The third kappa shape index (κ3) is 5.61. The Bertz CT molecular complexity index is 1040. The van der Waals surface area contributed by atoms with Crippen molar-refractivity contribution in [2.24, 2.45) is 0 Å². The first-order valence-electron chi connectivity index (χ1n) is 10.7. The van der Waals surface area contributed by atoms with E-state index < -0.39 is 0 Å². The van der Waals surface area contributed by atoms with Gasteiger partial charge in [0.1, 0.15) is 11.5 Å². The molecule has 0 aliphatic carbocycles. The average molecular weight is 434 g/mol. The summed E-state index contributed by atoms with van der Waals surface area (Å²) in [5.41, 5.74) is 2.92. The third-order valence-corrected chi connectivity index (χ3v) is 5.77. The van der Waals surface area contributed by atoms with Crippen LogP contribution in [0.2, 0.25) is 0 Å². The molecular weight excluding hydrogens is 402 g/mol. The fourth-order valence-electron chi connectivity index (χ4n) is 3.26. The summed E-state index contributed by atoms with van der Waals surface area (Å²) in [4.78, 5) is 12.5. The van der Waals surface area contributed by atoms with Gasteiger partial charge in [-0.25, -0.2) is 0 Å². The zero-order valence-corrected chi connectivity index (χ0v) is 19.4. The van der Waals surface area contributed by atoms with Gasteiger partial charge in [-0.2, -0.15) is 0 Å². The Kier molecular flexibility index (Phi) is 7.41. The second-order valence-corrected chi connectivity index (χ2v) is 8.26. The molecule has 5 heteroatoms. The number of methoxy groups -OCH3 is 2. The number of carbonyl (C=O) groups excluding carboxylic acids is 1. The Labute approximate surface area is 190 Å². The number of hydrogen-bond acceptors (Lipinski definition) is 4. The van der Waals surface area contributed by atoms with E-state index in [1.54, 1.807) is 38.5 Å². The summed E-state index contributed by atoms with van der Waals surface area (Å²) in [5.74, 6) is 2.58. The molecule has 0 saturated carbocycles. The monoisotopic (exact) mass is 433 g/mol. The first-order valence-corrected chi connectivity index (χ1v) is 10.7. The Morgan fingerprint density at radius 1 is 0.844 bits per heavy atom. The summed E-state index contributed by atoms with van der Waals surface area (Å²) in [6.07, 6.45) is 1.07. The van der Waals surface area contributed by atoms with Gasteiger partial charge in [0.15, 0.2) is 11.5 Å². The maximum atomic E-state index is 12.5. The van der Waals surface area contributed by atoms with Crippen LogP contribution in [0.4, 0.5) is 0 Å². The second kappa shape index (κ2) is 10.2. The predicted molar refractivity (Wildman–Crippen MR) is 127 cm³/mol. The molecule has 3 aromatic carbocycles. The van der Waals surface area contributed by atoms with E-state index in [1.807, 2.05) is 30.3 Å². The Morgan fingerprint density at radius 2 is 1.44 bits per heavy atom. The molecule has 3 rings (SSSR count). The van der Waals surface area contributed by atoms with E-state index in [0.717, 1.165) is 17.7 Å². The van der Waals surface area contributed by atoms with Crippen LogP contribution in [0.25, 0.3) is 0 Å². The Hall–Kier alpha value is -3.47. The van der Waals surface area contributed by atoms with Gasteiger partial charge >= 0.3 is 0 Å². The molecule has 0 bridgehead atoms. The minimum atomic E-state index is -0.155. The van der Waals surface area contributed by atoms with Gasteiger partial charge in [0.05, 0.1) is 14.2 Å². The molecule has 168 valence electrons. The molecule has 0 fully saturated rings. The van der Waals surface area contributed by atoms with Gasteiger partial charge in [-0.1, -0.05) is 39.0 Å². The number of nitrogens with one attached hydrogen (secondary N) is 1. The molecule has 0 saturated heterocycles. The minimum Gasteiger partial charge on any atom is -0.493 e. The van der Waals surface area contributed by atoms with Gasteiger partial charge in [-0.3, -0.25) is 4.79 Å². The standard InChI is InChI=1S/C27H31NO4/c1-6-27(2,3)21-10-14-23(15-11-21)32-22-12-8-20(9-13-22)26(29)28-18-19-7-16-24(30-4)25(17-19)31-5/h7-17H,6,18H2,1-5H3,(H,28,29). The normalized spacial score (nSPS) is 11.0. The molecule has 0 aliphatic rings. The molecule has 1 amide bonds. The van der Waals surface area contributed by atoms with Crippen molar-refractivity contribution in [1.29, 1.82) is 0 Å². The fourth-order valence-corrected chi connectivity index (χ4v) is 3.26. The van der Waals surface area contributed by atoms with Gasteiger partial charge in [0.25, 0.3) is 5.91 Å². The van der Waals surface area contributed by atoms with Crippen LogP contribution in [0.15, 0.2) is 66.7 Å². The lowest BCUT2D eigenvalue weighted by molar-refractivity contribution is 0.0951. The summed E-state index contributed by atoms with van der Waals surface area (Å²) in [7, 11) is 3.18. The molecule has 0 aromatic heterocycles. The van der Waals surface area contributed by atoms with Crippen molar-refractivity contribution in [2.45, 2.75) is 39.2 Å². The number of amides is 1. The van der Waals surface area contributed by atoms with Crippen molar-refractivity contribution >= 4 is 5.91 Å². The van der Waals surface area contributed by atoms with Crippen LogP contribution < -0.4 is 19.5 Å². The smallest absolute Gasteiger partial charge is 0.251 e. The predicted octanol–water partition coefficient (Wildman–Crippen LogP) is 6.11. The maximum absolute atomic E-state index is 12.5. The van der Waals surface area contributed by atoms with Crippen molar-refractivity contribution in [1.82, 2.24) is 5.32 Å². The molecule has 1 N–H and O–H groups in total. The van der Waals surface area contributed by atoms with Gasteiger partial charge < -0.3 is 19.5 Å². The van der Waals surface area contributed by atoms with Crippen LogP contribution in [-0.2, 0) is 12.0 Å². The van der Waals surface area contributed by atoms with E-state index in [1.165, 1.54) is 5.56 Å². The topological polar surface area (TPSA) is 56.8 Å². The van der Waals surface area contributed by atoms with E-state index in [-0.39, 0.29) is 11.3 Å². The molecule has 0 spiro atoms.